The van der Waals surface area contributed by atoms with Crippen LogP contribution in [0.15, 0.2) is 30.5 Å². The molecule has 1 aromatic carbocycles. The average molecular weight is 254 g/mol. The van der Waals surface area contributed by atoms with Crippen molar-refractivity contribution in [2.24, 2.45) is 0 Å². The highest BCUT2D eigenvalue weighted by Gasteiger charge is 2.04. The summed E-state index contributed by atoms with van der Waals surface area (Å²) in [6.07, 6.45) is 2.50. The first-order valence-electron chi connectivity index (χ1n) is 6.03. The van der Waals surface area contributed by atoms with Gasteiger partial charge in [0.15, 0.2) is 5.82 Å². The number of nitrogens with one attached hydrogen (secondary N) is 2. The van der Waals surface area contributed by atoms with Crippen LogP contribution < -0.4 is 10.6 Å². The molecule has 0 aliphatic carbocycles. The maximum atomic E-state index is 9.02. The number of nitriles is 1. The Morgan fingerprint density at radius 1 is 1.32 bits per heavy atom. The van der Waals surface area contributed by atoms with E-state index in [2.05, 4.69) is 38.8 Å². The molecule has 1 aromatic heterocycles. The Morgan fingerprint density at radius 2 is 2.16 bits per heavy atom. The minimum Gasteiger partial charge on any atom is -0.353 e. The fourth-order valence-electron chi connectivity index (χ4n) is 1.50. The SMILES string of the molecule is CCCNc1nncc(Nc2ccccc2C#N)n1. The predicted octanol–water partition coefficient (Wildman–Crippen LogP) is 2.31. The van der Waals surface area contributed by atoms with E-state index in [1.807, 2.05) is 18.2 Å². The van der Waals surface area contributed by atoms with Crippen molar-refractivity contribution < 1.29 is 0 Å². The molecule has 0 aliphatic rings. The van der Waals surface area contributed by atoms with Gasteiger partial charge in [-0.2, -0.15) is 15.3 Å². The van der Waals surface area contributed by atoms with E-state index in [9.17, 15) is 0 Å². The molecule has 0 saturated carbocycles. The molecule has 0 aliphatic heterocycles. The first-order valence-corrected chi connectivity index (χ1v) is 6.03. The summed E-state index contributed by atoms with van der Waals surface area (Å²) < 4.78 is 0. The van der Waals surface area contributed by atoms with E-state index in [4.69, 9.17) is 5.26 Å². The van der Waals surface area contributed by atoms with Crippen LogP contribution in [0, 0.1) is 11.3 Å². The van der Waals surface area contributed by atoms with Crippen molar-refractivity contribution in [3.8, 4) is 6.07 Å². The summed E-state index contributed by atoms with van der Waals surface area (Å²) in [4.78, 5) is 4.28. The lowest BCUT2D eigenvalue weighted by atomic mass is 10.2. The van der Waals surface area contributed by atoms with Gasteiger partial charge in [0.2, 0.25) is 5.95 Å². The second kappa shape index (κ2) is 6.31. The van der Waals surface area contributed by atoms with E-state index in [1.165, 1.54) is 6.20 Å². The van der Waals surface area contributed by atoms with Crippen LogP contribution >= 0.6 is 0 Å². The number of nitrogens with zero attached hydrogens (tertiary/aromatic N) is 4. The van der Waals surface area contributed by atoms with Crippen LogP contribution in [0.5, 0.6) is 0 Å². The lowest BCUT2D eigenvalue weighted by molar-refractivity contribution is 0.913. The Labute approximate surface area is 111 Å². The molecular weight excluding hydrogens is 240 g/mol. The molecule has 0 spiro atoms. The summed E-state index contributed by atoms with van der Waals surface area (Å²) in [7, 11) is 0. The van der Waals surface area contributed by atoms with Crippen molar-refractivity contribution >= 4 is 17.5 Å². The number of benzene rings is 1. The van der Waals surface area contributed by atoms with Gasteiger partial charge in [0.05, 0.1) is 17.4 Å². The first kappa shape index (κ1) is 12.8. The number of anilines is 3. The topological polar surface area (TPSA) is 86.5 Å². The lowest BCUT2D eigenvalue weighted by Crippen LogP contribution is -2.07. The maximum absolute atomic E-state index is 9.02. The Kier molecular flexibility index (Phi) is 4.24. The molecular formula is C13H14N6. The minimum absolute atomic E-state index is 0.473. The number of aromatic nitrogens is 3. The molecule has 1 heterocycles. The van der Waals surface area contributed by atoms with Crippen LogP contribution in [0.4, 0.5) is 17.5 Å². The quantitative estimate of drug-likeness (QED) is 0.851. The lowest BCUT2D eigenvalue weighted by Gasteiger charge is -2.08. The molecule has 0 unspecified atom stereocenters. The number of para-hydroxylation sites is 1. The molecule has 0 amide bonds. The third-order valence-electron chi connectivity index (χ3n) is 2.40. The first-order chi connectivity index (χ1) is 9.33. The summed E-state index contributed by atoms with van der Waals surface area (Å²) in [6, 6.07) is 9.36. The van der Waals surface area contributed by atoms with Crippen LogP contribution in [0.3, 0.4) is 0 Å². The van der Waals surface area contributed by atoms with Gasteiger partial charge in [0.1, 0.15) is 6.07 Å². The van der Waals surface area contributed by atoms with Gasteiger partial charge in [-0.15, -0.1) is 5.10 Å². The summed E-state index contributed by atoms with van der Waals surface area (Å²) >= 11 is 0. The molecule has 0 fully saturated rings. The smallest absolute Gasteiger partial charge is 0.244 e. The number of rotatable bonds is 5. The molecule has 6 nitrogen and oxygen atoms in total. The zero-order valence-electron chi connectivity index (χ0n) is 10.6. The molecule has 2 rings (SSSR count). The second-order valence-electron chi connectivity index (χ2n) is 3.87. The van der Waals surface area contributed by atoms with Gasteiger partial charge < -0.3 is 10.6 Å². The van der Waals surface area contributed by atoms with Crippen molar-refractivity contribution in [2.45, 2.75) is 13.3 Å². The summed E-state index contributed by atoms with van der Waals surface area (Å²) in [5.74, 6) is 1.03. The van der Waals surface area contributed by atoms with Crippen LogP contribution in [0.25, 0.3) is 0 Å². The molecule has 2 aromatic rings. The Morgan fingerprint density at radius 3 is 2.95 bits per heavy atom. The second-order valence-corrected chi connectivity index (χ2v) is 3.87. The standard InChI is InChI=1S/C13H14N6/c1-2-7-15-13-18-12(9-16-19-13)17-11-6-4-3-5-10(11)8-14/h3-6,9H,2,7H2,1H3,(H2,15,17,18,19). The molecule has 6 heteroatoms. The molecule has 19 heavy (non-hydrogen) atoms. The van der Waals surface area contributed by atoms with Crippen molar-refractivity contribution in [1.29, 1.82) is 5.26 Å². The Bertz CT molecular complexity index is 590. The van der Waals surface area contributed by atoms with Crippen LogP contribution in [0.1, 0.15) is 18.9 Å². The highest BCUT2D eigenvalue weighted by Crippen LogP contribution is 2.18. The Hall–Kier alpha value is -2.68. The van der Waals surface area contributed by atoms with Gasteiger partial charge in [-0.1, -0.05) is 19.1 Å². The highest BCUT2D eigenvalue weighted by molar-refractivity contribution is 5.64. The zero-order valence-corrected chi connectivity index (χ0v) is 10.6. The van der Waals surface area contributed by atoms with Crippen LogP contribution in [0.2, 0.25) is 0 Å². The van der Waals surface area contributed by atoms with Gasteiger partial charge >= 0.3 is 0 Å². The van der Waals surface area contributed by atoms with Gasteiger partial charge in [-0.05, 0) is 18.6 Å². The Balaban J connectivity index is 2.17. The summed E-state index contributed by atoms with van der Waals surface area (Å²) in [6.45, 7) is 2.85. The molecule has 0 radical (unpaired) electrons. The van der Waals surface area contributed by atoms with Crippen molar-refractivity contribution in [1.82, 2.24) is 15.2 Å². The normalized spacial score (nSPS) is 9.68. The summed E-state index contributed by atoms with van der Waals surface area (Å²) in [5, 5.41) is 22.9. The number of hydrogen-bond acceptors (Lipinski definition) is 6. The molecule has 0 saturated heterocycles. The van der Waals surface area contributed by atoms with Gasteiger partial charge in [-0.3, -0.25) is 0 Å². The van der Waals surface area contributed by atoms with E-state index >= 15 is 0 Å². The van der Waals surface area contributed by atoms with Crippen molar-refractivity contribution in [2.75, 3.05) is 17.2 Å². The highest BCUT2D eigenvalue weighted by atomic mass is 15.3. The average Bonchev–Trinajstić information content (AvgIpc) is 2.46. The van der Waals surface area contributed by atoms with E-state index < -0.39 is 0 Å². The van der Waals surface area contributed by atoms with Crippen LogP contribution in [-0.2, 0) is 0 Å². The third-order valence-corrected chi connectivity index (χ3v) is 2.40. The molecule has 2 N–H and O–H groups in total. The minimum atomic E-state index is 0.473. The van der Waals surface area contributed by atoms with E-state index in [1.54, 1.807) is 6.07 Å². The van der Waals surface area contributed by atoms with E-state index in [-0.39, 0.29) is 0 Å². The molecule has 0 atom stereocenters. The molecule has 96 valence electrons. The van der Waals surface area contributed by atoms with E-state index in [0.717, 1.165) is 13.0 Å². The van der Waals surface area contributed by atoms with Crippen molar-refractivity contribution in [3.63, 3.8) is 0 Å². The zero-order chi connectivity index (χ0) is 13.5. The van der Waals surface area contributed by atoms with Crippen molar-refractivity contribution in [3.05, 3.63) is 36.0 Å². The fourth-order valence-corrected chi connectivity index (χ4v) is 1.50. The predicted molar refractivity (Wildman–Crippen MR) is 73.0 cm³/mol. The van der Waals surface area contributed by atoms with Gasteiger partial charge in [0, 0.05) is 6.54 Å². The fraction of sp³-hybridized carbons (Fsp3) is 0.231. The monoisotopic (exact) mass is 254 g/mol. The maximum Gasteiger partial charge on any atom is 0.244 e. The van der Waals surface area contributed by atoms with Gasteiger partial charge in [-0.25, -0.2) is 0 Å². The number of hydrogen-bond donors (Lipinski definition) is 2. The summed E-state index contributed by atoms with van der Waals surface area (Å²) in [5.41, 5.74) is 1.26. The third kappa shape index (κ3) is 3.39. The molecule has 0 bridgehead atoms. The van der Waals surface area contributed by atoms with Crippen LogP contribution in [-0.4, -0.2) is 21.7 Å². The largest absolute Gasteiger partial charge is 0.353 e. The van der Waals surface area contributed by atoms with E-state index in [0.29, 0.717) is 23.0 Å². The van der Waals surface area contributed by atoms with Gasteiger partial charge in [0.25, 0.3) is 0 Å².